The smallest absolute Gasteiger partial charge is 0.412 e. The summed E-state index contributed by atoms with van der Waals surface area (Å²) < 4.78 is 7.19. The molecule has 2 fully saturated rings. The van der Waals surface area contributed by atoms with Gasteiger partial charge in [-0.1, -0.05) is 85.9 Å². The third-order valence-corrected chi connectivity index (χ3v) is 8.92. The number of nitrogen functional groups attached to an aromatic ring is 1. The topological polar surface area (TPSA) is 125 Å². The van der Waals surface area contributed by atoms with Crippen LogP contribution in [0.15, 0.2) is 18.5 Å². The highest BCUT2D eigenvalue weighted by Crippen LogP contribution is 2.32. The number of hydrogen-bond acceptors (Lipinski definition) is 7. The van der Waals surface area contributed by atoms with Crippen molar-refractivity contribution in [3.63, 3.8) is 0 Å². The Morgan fingerprint density at radius 1 is 0.956 bits per heavy atom. The predicted octanol–water partition coefficient (Wildman–Crippen LogP) is 9.89. The first-order valence-corrected chi connectivity index (χ1v) is 16.9. The fraction of sp³-hybridized carbons (Fsp3) is 0.594. The zero-order chi connectivity index (χ0) is 33.3. The zero-order valence-electron chi connectivity index (χ0n) is 26.6. The minimum atomic E-state index is -0.637. The molecule has 3 aromatic heterocycles. The number of amides is 1. The van der Waals surface area contributed by atoms with Crippen LogP contribution in [0.5, 0.6) is 0 Å². The summed E-state index contributed by atoms with van der Waals surface area (Å²) in [6.07, 6.45) is 12.3. The number of pyridine rings is 2. The van der Waals surface area contributed by atoms with Crippen LogP contribution in [0, 0.1) is 23.7 Å². The summed E-state index contributed by atoms with van der Waals surface area (Å²) in [4.78, 5) is 34.0. The van der Waals surface area contributed by atoms with Gasteiger partial charge >= 0.3 is 6.09 Å². The van der Waals surface area contributed by atoms with Gasteiger partial charge in [-0.05, 0) is 64.2 Å². The second-order valence-corrected chi connectivity index (χ2v) is 14.6. The number of rotatable bonds is 4. The van der Waals surface area contributed by atoms with E-state index >= 15 is 0 Å². The number of aldehydes is 1. The summed E-state index contributed by atoms with van der Waals surface area (Å²) in [5.74, 6) is 2.85. The van der Waals surface area contributed by atoms with Crippen molar-refractivity contribution in [2.75, 3.05) is 11.1 Å². The molecule has 2 aliphatic carbocycles. The fourth-order valence-electron chi connectivity index (χ4n) is 5.38. The second-order valence-electron chi connectivity index (χ2n) is 13.1. The molecule has 3 heterocycles. The molecule has 0 spiro atoms. The minimum Gasteiger partial charge on any atom is -0.444 e. The van der Waals surface area contributed by atoms with E-state index < -0.39 is 11.7 Å². The Morgan fingerprint density at radius 3 is 2.09 bits per heavy atom. The van der Waals surface area contributed by atoms with E-state index in [1.807, 2.05) is 6.33 Å². The van der Waals surface area contributed by atoms with Crippen LogP contribution in [0.1, 0.15) is 86.0 Å². The lowest BCUT2D eigenvalue weighted by atomic mass is 9.83. The number of imidazole rings is 1. The van der Waals surface area contributed by atoms with Gasteiger partial charge in [-0.2, -0.15) is 0 Å². The number of carbonyl (C=O) groups is 2. The van der Waals surface area contributed by atoms with Gasteiger partial charge in [-0.25, -0.2) is 19.7 Å². The van der Waals surface area contributed by atoms with Gasteiger partial charge in [-0.3, -0.25) is 5.32 Å². The first kappa shape index (κ1) is 37.1. The Balaban J connectivity index is 0.000000196. The summed E-state index contributed by atoms with van der Waals surface area (Å²) in [5, 5.41) is 3.46. The van der Waals surface area contributed by atoms with E-state index in [0.717, 1.165) is 54.5 Å². The van der Waals surface area contributed by atoms with Gasteiger partial charge in [0.1, 0.15) is 27.7 Å². The second kappa shape index (κ2) is 17.0. The van der Waals surface area contributed by atoms with Crippen molar-refractivity contribution in [3.05, 3.63) is 39.1 Å². The van der Waals surface area contributed by atoms with Crippen molar-refractivity contribution in [3.8, 4) is 0 Å². The lowest BCUT2D eigenvalue weighted by Crippen LogP contribution is -2.27. The van der Waals surface area contributed by atoms with Crippen molar-refractivity contribution < 1.29 is 14.3 Å². The highest BCUT2D eigenvalue weighted by atomic mass is 35.5. The Morgan fingerprint density at radius 2 is 1.51 bits per heavy atom. The molecular weight excluding hydrogens is 658 g/mol. The van der Waals surface area contributed by atoms with E-state index in [4.69, 9.17) is 56.9 Å². The summed E-state index contributed by atoms with van der Waals surface area (Å²) in [6, 6.07) is 3.16. The molecule has 13 heteroatoms. The van der Waals surface area contributed by atoms with E-state index in [0.29, 0.717) is 16.2 Å². The van der Waals surface area contributed by atoms with E-state index in [2.05, 4.69) is 38.7 Å². The molecule has 0 atom stereocenters. The summed E-state index contributed by atoms with van der Waals surface area (Å²) in [5.41, 5.74) is 7.19. The zero-order valence-corrected chi connectivity index (χ0v) is 29.6. The molecule has 0 aromatic carbocycles. The molecular formula is C32H44Cl4N6O3. The maximum atomic E-state index is 11.5. The van der Waals surface area contributed by atoms with E-state index in [1.54, 1.807) is 26.8 Å². The predicted molar refractivity (Wildman–Crippen MR) is 184 cm³/mol. The number of anilines is 2. The molecule has 3 aromatic rings. The Hall–Kier alpha value is -2.33. The molecule has 0 unspecified atom stereocenters. The largest absolute Gasteiger partial charge is 0.444 e. The van der Waals surface area contributed by atoms with Gasteiger partial charge in [0.15, 0.2) is 10.3 Å². The van der Waals surface area contributed by atoms with Crippen LogP contribution >= 0.6 is 46.4 Å². The number of ether oxygens (including phenoxy) is 1. The number of fused-ring (bicyclic) bond motifs is 1. The van der Waals surface area contributed by atoms with Crippen molar-refractivity contribution in [1.82, 2.24) is 19.5 Å². The van der Waals surface area contributed by atoms with Crippen molar-refractivity contribution in [1.29, 1.82) is 0 Å². The molecule has 3 N–H and O–H groups in total. The molecule has 2 saturated carbocycles. The number of halogens is 4. The quantitative estimate of drug-likeness (QED) is 0.205. The van der Waals surface area contributed by atoms with Crippen LogP contribution in [0.3, 0.4) is 0 Å². The molecule has 45 heavy (non-hydrogen) atoms. The third kappa shape index (κ3) is 12.1. The number of hydrogen-bond donors (Lipinski definition) is 2. The maximum absolute atomic E-state index is 11.5. The van der Waals surface area contributed by atoms with E-state index in [9.17, 15) is 9.59 Å². The molecule has 5 rings (SSSR count). The van der Waals surface area contributed by atoms with Gasteiger partial charge < -0.3 is 19.8 Å². The molecule has 248 valence electrons. The third-order valence-electron chi connectivity index (χ3n) is 7.98. The van der Waals surface area contributed by atoms with Crippen LogP contribution in [-0.4, -0.2) is 37.5 Å². The lowest BCUT2D eigenvalue weighted by Gasteiger charge is -2.26. The fourth-order valence-corrected chi connectivity index (χ4v) is 6.34. The monoisotopic (exact) mass is 700 g/mol. The average Bonchev–Trinajstić information content (AvgIpc) is 3.35. The average molecular weight is 703 g/mol. The van der Waals surface area contributed by atoms with Gasteiger partial charge in [-0.15, -0.1) is 0 Å². The molecule has 1 amide bonds. The molecule has 0 saturated heterocycles. The summed E-state index contributed by atoms with van der Waals surface area (Å²) in [6.45, 7) is 10.8. The van der Waals surface area contributed by atoms with Gasteiger partial charge in [0.05, 0.1) is 23.2 Å². The van der Waals surface area contributed by atoms with Crippen LogP contribution in [-0.2, 0) is 16.1 Å². The van der Waals surface area contributed by atoms with E-state index in [-0.39, 0.29) is 21.7 Å². The summed E-state index contributed by atoms with van der Waals surface area (Å²) >= 11 is 23.5. The molecule has 0 bridgehead atoms. The van der Waals surface area contributed by atoms with Crippen LogP contribution in [0.25, 0.3) is 11.0 Å². The minimum absolute atomic E-state index is 0.0311. The number of aromatic nitrogens is 4. The van der Waals surface area contributed by atoms with Gasteiger partial charge in [0.25, 0.3) is 0 Å². The van der Waals surface area contributed by atoms with E-state index in [1.165, 1.54) is 44.6 Å². The first-order chi connectivity index (χ1) is 21.1. The molecule has 0 aliphatic heterocycles. The van der Waals surface area contributed by atoms with Crippen LogP contribution < -0.4 is 11.1 Å². The Labute approximate surface area is 285 Å². The van der Waals surface area contributed by atoms with Gasteiger partial charge in [0.2, 0.25) is 0 Å². The summed E-state index contributed by atoms with van der Waals surface area (Å²) in [7, 11) is 0. The Bertz CT molecular complexity index is 1430. The molecule has 0 radical (unpaired) electrons. The maximum Gasteiger partial charge on any atom is 0.412 e. The number of nitrogens with zero attached hydrogens (tertiary/aromatic N) is 4. The Kier molecular flexibility index (Phi) is 14.0. The van der Waals surface area contributed by atoms with Crippen LogP contribution in [0.2, 0.25) is 20.6 Å². The van der Waals surface area contributed by atoms with Crippen molar-refractivity contribution in [2.24, 2.45) is 23.7 Å². The standard InChI is InChI=1S/C14H17Cl2N3.C10H13Cl2N3O2.C8H14O/c1-9-2-4-10(5-3-9)7-19-8-17-11-6-12(15)18-14(16)13(11)19;1-10(2,3)17-9(16)14-5-4-6(11)15-8(12)7(5)13;1-7-2-4-8(6-9)5-3-7/h6,8-10H,2-5,7H2,1H3;4H,13H2,1-3H3,(H,14,15,16);6-8H,2-5H2,1H3. The van der Waals surface area contributed by atoms with Gasteiger partial charge in [0, 0.05) is 24.6 Å². The normalized spacial score (nSPS) is 21.5. The number of nitrogens with one attached hydrogen (secondary N) is 1. The highest BCUT2D eigenvalue weighted by molar-refractivity contribution is 6.36. The first-order valence-electron chi connectivity index (χ1n) is 15.4. The highest BCUT2D eigenvalue weighted by Gasteiger charge is 2.21. The SMILES string of the molecule is CC(C)(C)OC(=O)Nc1cc(Cl)nc(Cl)c1N.CC1CCC(C=O)CC1.CC1CCC(Cn2cnc3cc(Cl)nc(Cl)c32)CC1. The van der Waals surface area contributed by atoms with Crippen LogP contribution in [0.4, 0.5) is 16.2 Å². The van der Waals surface area contributed by atoms with Crippen molar-refractivity contribution in [2.45, 2.75) is 98.1 Å². The number of nitrogens with two attached hydrogens (primary N) is 1. The lowest BCUT2D eigenvalue weighted by molar-refractivity contribution is -0.112. The number of carbonyl (C=O) groups excluding carboxylic acids is 2. The molecule has 9 nitrogen and oxygen atoms in total. The van der Waals surface area contributed by atoms with Crippen molar-refractivity contribution >= 4 is 81.2 Å². The molecule has 2 aliphatic rings.